The quantitative estimate of drug-likeness (QED) is 0.483. The zero-order chi connectivity index (χ0) is 25.4. The second-order valence-electron chi connectivity index (χ2n) is 8.64. The van der Waals surface area contributed by atoms with Crippen LogP contribution in [0, 0.1) is 12.8 Å². The van der Waals surface area contributed by atoms with Gasteiger partial charge in [-0.15, -0.1) is 0 Å². The van der Waals surface area contributed by atoms with Crippen LogP contribution in [0.4, 0.5) is 0 Å². The first-order chi connectivity index (χ1) is 16.7. The molecule has 1 saturated heterocycles. The second kappa shape index (κ2) is 12.8. The van der Waals surface area contributed by atoms with Crippen LogP contribution < -0.4 is 10.6 Å². The van der Waals surface area contributed by atoms with Crippen molar-refractivity contribution in [3.05, 3.63) is 64.7 Å². The Morgan fingerprint density at radius 3 is 2.40 bits per heavy atom. The summed E-state index contributed by atoms with van der Waals surface area (Å²) >= 11 is 7.78. The number of carbonyl (C=O) groups excluding carboxylic acids is 2. The minimum absolute atomic E-state index is 0.212. The molecule has 1 fully saturated rings. The molecule has 1 atom stereocenters. The SMILES string of the molecule is CSCCC(NC(=O)C1CCN(S(=O)(=O)c2ccc(C)cc2)CC1)C(=O)NCc1ccccc1Cl. The van der Waals surface area contributed by atoms with Gasteiger partial charge in [-0.1, -0.05) is 47.5 Å². The average Bonchev–Trinajstić information content (AvgIpc) is 2.86. The number of benzene rings is 2. The monoisotopic (exact) mass is 537 g/mol. The van der Waals surface area contributed by atoms with Crippen molar-refractivity contribution < 1.29 is 18.0 Å². The number of hydrogen-bond acceptors (Lipinski definition) is 5. The van der Waals surface area contributed by atoms with Crippen molar-refractivity contribution in [1.82, 2.24) is 14.9 Å². The topological polar surface area (TPSA) is 95.6 Å². The van der Waals surface area contributed by atoms with E-state index in [2.05, 4.69) is 10.6 Å². The number of nitrogens with zero attached hydrogens (tertiary/aromatic N) is 1. The van der Waals surface area contributed by atoms with E-state index in [4.69, 9.17) is 11.6 Å². The molecule has 1 aliphatic heterocycles. The number of halogens is 1. The van der Waals surface area contributed by atoms with Crippen molar-refractivity contribution in [3.8, 4) is 0 Å². The summed E-state index contributed by atoms with van der Waals surface area (Å²) < 4.78 is 27.3. The number of rotatable bonds is 10. The average molecular weight is 538 g/mol. The highest BCUT2D eigenvalue weighted by Crippen LogP contribution is 2.24. The van der Waals surface area contributed by atoms with Gasteiger partial charge in [-0.05, 0) is 62.0 Å². The van der Waals surface area contributed by atoms with Crippen LogP contribution in [0.2, 0.25) is 5.02 Å². The molecule has 2 N–H and O–H groups in total. The van der Waals surface area contributed by atoms with Gasteiger partial charge in [0.25, 0.3) is 0 Å². The van der Waals surface area contributed by atoms with E-state index >= 15 is 0 Å². The fourth-order valence-electron chi connectivity index (χ4n) is 3.96. The van der Waals surface area contributed by atoms with Crippen LogP contribution in [0.25, 0.3) is 0 Å². The van der Waals surface area contributed by atoms with Crippen LogP contribution in [0.5, 0.6) is 0 Å². The van der Waals surface area contributed by atoms with Gasteiger partial charge in [0.2, 0.25) is 21.8 Å². The Morgan fingerprint density at radius 2 is 1.77 bits per heavy atom. The Hall–Kier alpha value is -2.07. The largest absolute Gasteiger partial charge is 0.350 e. The molecule has 1 heterocycles. The standard InChI is InChI=1S/C25H32ClN3O4S2/c1-18-7-9-21(10-8-18)35(32,33)29-14-11-19(12-15-29)24(30)28-23(13-16-34-2)25(31)27-17-20-5-3-4-6-22(20)26/h3-10,19,23H,11-17H2,1-2H3,(H,27,31)(H,28,30). The molecule has 35 heavy (non-hydrogen) atoms. The first kappa shape index (κ1) is 27.5. The first-order valence-electron chi connectivity index (χ1n) is 11.6. The third-order valence-corrected chi connectivity index (χ3v) is 9.06. The Balaban J connectivity index is 1.56. The van der Waals surface area contributed by atoms with Crippen LogP contribution in [0.15, 0.2) is 53.4 Å². The zero-order valence-corrected chi connectivity index (χ0v) is 22.4. The van der Waals surface area contributed by atoms with E-state index in [-0.39, 0.29) is 42.3 Å². The summed E-state index contributed by atoms with van der Waals surface area (Å²) in [5.74, 6) is -0.0896. The number of carbonyl (C=O) groups is 2. The number of nitrogens with one attached hydrogen (secondary N) is 2. The van der Waals surface area contributed by atoms with Crippen molar-refractivity contribution in [2.45, 2.75) is 43.7 Å². The molecule has 3 rings (SSSR count). The fourth-order valence-corrected chi connectivity index (χ4v) is 6.10. The van der Waals surface area contributed by atoms with Gasteiger partial charge in [-0.3, -0.25) is 9.59 Å². The van der Waals surface area contributed by atoms with Crippen LogP contribution in [0.3, 0.4) is 0 Å². The lowest BCUT2D eigenvalue weighted by Crippen LogP contribution is -2.50. The Labute approximate surface area is 217 Å². The van der Waals surface area contributed by atoms with E-state index in [9.17, 15) is 18.0 Å². The van der Waals surface area contributed by atoms with E-state index in [1.165, 1.54) is 4.31 Å². The Bertz CT molecular complexity index is 1120. The summed E-state index contributed by atoms with van der Waals surface area (Å²) in [5.41, 5.74) is 1.80. The van der Waals surface area contributed by atoms with Crippen LogP contribution in [-0.4, -0.2) is 55.7 Å². The third-order valence-electron chi connectivity index (χ3n) is 6.14. The van der Waals surface area contributed by atoms with Crippen LogP contribution >= 0.6 is 23.4 Å². The summed E-state index contributed by atoms with van der Waals surface area (Å²) in [4.78, 5) is 26.1. The number of piperidine rings is 1. The smallest absolute Gasteiger partial charge is 0.243 e. The van der Waals surface area contributed by atoms with Gasteiger partial charge >= 0.3 is 0 Å². The lowest BCUT2D eigenvalue weighted by Gasteiger charge is -2.31. The van der Waals surface area contributed by atoms with Gasteiger partial charge in [0.15, 0.2) is 0 Å². The van der Waals surface area contributed by atoms with Crippen molar-refractivity contribution in [1.29, 1.82) is 0 Å². The number of hydrogen-bond donors (Lipinski definition) is 2. The van der Waals surface area contributed by atoms with Crippen molar-refractivity contribution in [2.24, 2.45) is 5.92 Å². The molecular formula is C25H32ClN3O4S2. The molecule has 190 valence electrons. The second-order valence-corrected chi connectivity index (χ2v) is 12.0. The highest BCUT2D eigenvalue weighted by Gasteiger charge is 2.33. The maximum Gasteiger partial charge on any atom is 0.243 e. The summed E-state index contributed by atoms with van der Waals surface area (Å²) in [7, 11) is -3.59. The molecule has 0 radical (unpaired) electrons. The maximum absolute atomic E-state index is 13.0. The molecule has 7 nitrogen and oxygen atoms in total. The van der Waals surface area contributed by atoms with Gasteiger partial charge in [0.1, 0.15) is 6.04 Å². The molecule has 10 heteroatoms. The lowest BCUT2D eigenvalue weighted by molar-refractivity contribution is -0.132. The summed E-state index contributed by atoms with van der Waals surface area (Å²) in [5, 5.41) is 6.34. The predicted octanol–water partition coefficient (Wildman–Crippen LogP) is 3.60. The van der Waals surface area contributed by atoms with Crippen molar-refractivity contribution in [2.75, 3.05) is 25.1 Å². The molecule has 1 aliphatic rings. The highest BCUT2D eigenvalue weighted by atomic mass is 35.5. The first-order valence-corrected chi connectivity index (χ1v) is 14.8. The minimum atomic E-state index is -3.59. The molecule has 2 aromatic rings. The summed E-state index contributed by atoms with van der Waals surface area (Å²) in [6.07, 6.45) is 3.27. The van der Waals surface area contributed by atoms with Crippen molar-refractivity contribution in [3.63, 3.8) is 0 Å². The number of thioether (sulfide) groups is 1. The lowest BCUT2D eigenvalue weighted by atomic mass is 9.96. The summed E-state index contributed by atoms with van der Waals surface area (Å²) in [6, 6.07) is 13.4. The van der Waals surface area contributed by atoms with E-state index in [1.54, 1.807) is 42.1 Å². The fraction of sp³-hybridized carbons (Fsp3) is 0.440. The number of aryl methyl sites for hydroxylation is 1. The third kappa shape index (κ3) is 7.46. The van der Waals surface area contributed by atoms with Gasteiger partial charge in [0, 0.05) is 30.6 Å². The molecule has 2 amide bonds. The Kier molecular flexibility index (Phi) is 10.0. The van der Waals surface area contributed by atoms with Gasteiger partial charge in [-0.25, -0.2) is 8.42 Å². The molecule has 0 spiro atoms. The van der Waals surface area contributed by atoms with E-state index in [0.29, 0.717) is 24.3 Å². The maximum atomic E-state index is 13.0. The normalized spacial score (nSPS) is 16.0. The van der Waals surface area contributed by atoms with E-state index in [1.807, 2.05) is 31.4 Å². The molecular weight excluding hydrogens is 506 g/mol. The zero-order valence-electron chi connectivity index (χ0n) is 20.0. The molecule has 0 aromatic heterocycles. The molecule has 1 unspecified atom stereocenters. The summed E-state index contributed by atoms with van der Waals surface area (Å²) in [6.45, 7) is 2.72. The van der Waals surface area contributed by atoms with Gasteiger partial charge in [-0.2, -0.15) is 16.1 Å². The van der Waals surface area contributed by atoms with E-state index in [0.717, 1.165) is 16.9 Å². The minimum Gasteiger partial charge on any atom is -0.350 e. The Morgan fingerprint density at radius 1 is 1.11 bits per heavy atom. The molecule has 0 saturated carbocycles. The molecule has 2 aromatic carbocycles. The van der Waals surface area contributed by atoms with Gasteiger partial charge in [0.05, 0.1) is 4.90 Å². The van der Waals surface area contributed by atoms with Crippen molar-refractivity contribution >= 4 is 45.2 Å². The highest BCUT2D eigenvalue weighted by molar-refractivity contribution is 7.98. The van der Waals surface area contributed by atoms with Crippen LogP contribution in [0.1, 0.15) is 30.4 Å². The predicted molar refractivity (Wildman–Crippen MR) is 141 cm³/mol. The number of sulfonamides is 1. The molecule has 0 bridgehead atoms. The van der Waals surface area contributed by atoms with E-state index < -0.39 is 16.1 Å². The molecule has 0 aliphatic carbocycles. The van der Waals surface area contributed by atoms with Crippen LogP contribution in [-0.2, 0) is 26.2 Å². The van der Waals surface area contributed by atoms with Gasteiger partial charge < -0.3 is 10.6 Å². The number of amides is 2.